The molecule has 0 unspecified atom stereocenters. The van der Waals surface area contributed by atoms with E-state index in [2.05, 4.69) is 15.1 Å². The first-order valence-electron chi connectivity index (χ1n) is 3.24. The molecule has 6 nitrogen and oxygen atoms in total. The Bertz CT molecular complexity index is 330. The lowest BCUT2D eigenvalue weighted by atomic mass is 10.4. The standard InChI is InChI=1S/C6H7ClN4O2/c7-3-1-2-4(11-9)10-5(3)13-6(8)12/h1-2H,9H2,(H2,8,12)(H,10,11). The van der Waals surface area contributed by atoms with E-state index in [0.717, 1.165) is 0 Å². The zero-order valence-corrected chi connectivity index (χ0v) is 7.21. The number of hydrazine groups is 1. The third kappa shape index (κ3) is 2.46. The van der Waals surface area contributed by atoms with Gasteiger partial charge in [-0.05, 0) is 12.1 Å². The Kier molecular flexibility index (Phi) is 2.88. The molecule has 7 heteroatoms. The van der Waals surface area contributed by atoms with Crippen molar-refractivity contribution in [1.82, 2.24) is 4.98 Å². The molecule has 0 aliphatic heterocycles. The number of nitrogens with one attached hydrogen (secondary N) is 1. The number of hydrogen-bond acceptors (Lipinski definition) is 5. The molecule has 0 aliphatic carbocycles. The van der Waals surface area contributed by atoms with E-state index in [0.29, 0.717) is 5.82 Å². The second-order valence-electron chi connectivity index (χ2n) is 2.05. The van der Waals surface area contributed by atoms with Crippen LogP contribution in [0.15, 0.2) is 12.1 Å². The van der Waals surface area contributed by atoms with E-state index in [1.807, 2.05) is 0 Å². The van der Waals surface area contributed by atoms with Crippen molar-refractivity contribution >= 4 is 23.5 Å². The number of rotatable bonds is 2. The monoisotopic (exact) mass is 202 g/mol. The van der Waals surface area contributed by atoms with Gasteiger partial charge in [0.2, 0.25) is 5.88 Å². The number of anilines is 1. The summed E-state index contributed by atoms with van der Waals surface area (Å²) in [5.41, 5.74) is 7.04. The summed E-state index contributed by atoms with van der Waals surface area (Å²) in [6, 6.07) is 3.00. The fourth-order valence-corrected chi connectivity index (χ4v) is 0.815. The first-order valence-corrected chi connectivity index (χ1v) is 3.61. The van der Waals surface area contributed by atoms with Crippen LogP contribution in [0.4, 0.5) is 10.6 Å². The first-order chi connectivity index (χ1) is 6.13. The van der Waals surface area contributed by atoms with Crippen molar-refractivity contribution in [3.05, 3.63) is 17.2 Å². The number of halogens is 1. The molecule has 13 heavy (non-hydrogen) atoms. The molecule has 1 amide bonds. The third-order valence-corrected chi connectivity index (χ3v) is 1.45. The first kappa shape index (κ1) is 9.56. The zero-order chi connectivity index (χ0) is 9.84. The number of nitrogen functional groups attached to an aromatic ring is 1. The van der Waals surface area contributed by atoms with Gasteiger partial charge in [-0.15, -0.1) is 0 Å². The number of amides is 1. The number of aromatic nitrogens is 1. The Labute approximate surface area is 78.8 Å². The summed E-state index contributed by atoms with van der Waals surface area (Å²) in [7, 11) is 0. The molecular formula is C6H7ClN4O2. The molecule has 0 atom stereocenters. The number of primary amides is 1. The maximum Gasteiger partial charge on any atom is 0.411 e. The Morgan fingerprint density at radius 3 is 2.85 bits per heavy atom. The molecule has 1 rings (SSSR count). The van der Waals surface area contributed by atoms with Crippen LogP contribution in [0.1, 0.15) is 0 Å². The number of carbonyl (C=O) groups is 1. The summed E-state index contributed by atoms with van der Waals surface area (Å²) < 4.78 is 4.49. The number of pyridine rings is 1. The number of ether oxygens (including phenoxy) is 1. The number of hydrogen-bond donors (Lipinski definition) is 3. The Morgan fingerprint density at radius 1 is 1.62 bits per heavy atom. The molecule has 1 aromatic rings. The van der Waals surface area contributed by atoms with E-state index in [4.69, 9.17) is 23.2 Å². The Hall–Kier alpha value is -1.53. The molecule has 0 aromatic carbocycles. The van der Waals surface area contributed by atoms with Gasteiger partial charge in [-0.1, -0.05) is 11.6 Å². The van der Waals surface area contributed by atoms with Crippen molar-refractivity contribution in [2.24, 2.45) is 11.6 Å². The SMILES string of the molecule is NNc1ccc(Cl)c(OC(N)=O)n1. The summed E-state index contributed by atoms with van der Waals surface area (Å²) in [6.45, 7) is 0. The van der Waals surface area contributed by atoms with Gasteiger partial charge in [0, 0.05) is 0 Å². The lowest BCUT2D eigenvalue weighted by Crippen LogP contribution is -2.18. The highest BCUT2D eigenvalue weighted by atomic mass is 35.5. The second-order valence-corrected chi connectivity index (χ2v) is 2.46. The summed E-state index contributed by atoms with van der Waals surface area (Å²) in [6.07, 6.45) is -0.983. The molecule has 1 aromatic heterocycles. The van der Waals surface area contributed by atoms with Crippen molar-refractivity contribution in [2.45, 2.75) is 0 Å². The molecule has 0 radical (unpaired) electrons. The summed E-state index contributed by atoms with van der Waals surface area (Å²) in [5.74, 6) is 5.31. The minimum Gasteiger partial charge on any atom is -0.390 e. The molecule has 0 saturated carbocycles. The maximum atomic E-state index is 10.4. The highest BCUT2D eigenvalue weighted by Gasteiger charge is 2.07. The Morgan fingerprint density at radius 2 is 2.31 bits per heavy atom. The highest BCUT2D eigenvalue weighted by Crippen LogP contribution is 2.23. The summed E-state index contributed by atoms with van der Waals surface area (Å²) in [5, 5.41) is 0.179. The van der Waals surface area contributed by atoms with E-state index in [1.54, 1.807) is 0 Å². The highest BCUT2D eigenvalue weighted by molar-refractivity contribution is 6.32. The van der Waals surface area contributed by atoms with Crippen LogP contribution in [-0.4, -0.2) is 11.1 Å². The van der Waals surface area contributed by atoms with Crippen LogP contribution in [0.25, 0.3) is 0 Å². The molecule has 0 spiro atoms. The normalized spacial score (nSPS) is 9.38. The molecular weight excluding hydrogens is 196 g/mol. The molecule has 70 valence electrons. The van der Waals surface area contributed by atoms with Crippen LogP contribution in [0.5, 0.6) is 5.88 Å². The van der Waals surface area contributed by atoms with Gasteiger partial charge >= 0.3 is 6.09 Å². The van der Waals surface area contributed by atoms with Gasteiger partial charge < -0.3 is 15.9 Å². The topological polar surface area (TPSA) is 103 Å². The van der Waals surface area contributed by atoms with Gasteiger partial charge in [-0.25, -0.2) is 10.6 Å². The molecule has 0 fully saturated rings. The molecule has 1 heterocycles. The van der Waals surface area contributed by atoms with Crippen LogP contribution in [0.2, 0.25) is 5.02 Å². The smallest absolute Gasteiger partial charge is 0.390 e. The number of nitrogens with two attached hydrogens (primary N) is 2. The summed E-state index contributed by atoms with van der Waals surface area (Å²) in [4.78, 5) is 14.1. The van der Waals surface area contributed by atoms with Crippen LogP contribution < -0.4 is 21.7 Å². The van der Waals surface area contributed by atoms with E-state index in [-0.39, 0.29) is 10.9 Å². The fourth-order valence-electron chi connectivity index (χ4n) is 0.671. The quantitative estimate of drug-likeness (QED) is 0.478. The minimum atomic E-state index is -0.983. The van der Waals surface area contributed by atoms with Crippen LogP contribution in [0.3, 0.4) is 0 Å². The van der Waals surface area contributed by atoms with E-state index < -0.39 is 6.09 Å². The van der Waals surface area contributed by atoms with Gasteiger partial charge in [-0.3, -0.25) is 0 Å². The van der Waals surface area contributed by atoms with Crippen LogP contribution >= 0.6 is 11.6 Å². The zero-order valence-electron chi connectivity index (χ0n) is 6.45. The second kappa shape index (κ2) is 3.92. The molecule has 0 bridgehead atoms. The van der Waals surface area contributed by atoms with Crippen LogP contribution in [0, 0.1) is 0 Å². The molecule has 0 saturated heterocycles. The van der Waals surface area contributed by atoms with Gasteiger partial charge in [0.15, 0.2) is 0 Å². The fraction of sp³-hybridized carbons (Fsp3) is 0. The summed E-state index contributed by atoms with van der Waals surface area (Å²) >= 11 is 5.63. The van der Waals surface area contributed by atoms with E-state index in [9.17, 15) is 4.79 Å². The van der Waals surface area contributed by atoms with Gasteiger partial charge in [0.05, 0.1) is 0 Å². The van der Waals surface area contributed by atoms with Gasteiger partial charge in [-0.2, -0.15) is 4.98 Å². The molecule has 0 aliphatic rings. The third-order valence-electron chi connectivity index (χ3n) is 1.16. The van der Waals surface area contributed by atoms with E-state index in [1.165, 1.54) is 12.1 Å². The molecule has 5 N–H and O–H groups in total. The van der Waals surface area contributed by atoms with Gasteiger partial charge in [0.25, 0.3) is 0 Å². The number of nitrogens with zero attached hydrogens (tertiary/aromatic N) is 1. The van der Waals surface area contributed by atoms with Crippen molar-refractivity contribution in [3.8, 4) is 5.88 Å². The predicted octanol–water partition coefficient (Wildman–Crippen LogP) is 0.478. The average Bonchev–Trinajstić information content (AvgIpc) is 2.08. The van der Waals surface area contributed by atoms with E-state index >= 15 is 0 Å². The lowest BCUT2D eigenvalue weighted by molar-refractivity contribution is 0.209. The lowest BCUT2D eigenvalue weighted by Gasteiger charge is -2.04. The van der Waals surface area contributed by atoms with Crippen molar-refractivity contribution in [1.29, 1.82) is 0 Å². The Balaban J connectivity index is 2.96. The predicted molar refractivity (Wildman–Crippen MR) is 47.3 cm³/mol. The van der Waals surface area contributed by atoms with Crippen molar-refractivity contribution < 1.29 is 9.53 Å². The number of carbonyl (C=O) groups excluding carboxylic acids is 1. The maximum absolute atomic E-state index is 10.4. The van der Waals surface area contributed by atoms with Crippen molar-refractivity contribution in [2.75, 3.05) is 5.43 Å². The van der Waals surface area contributed by atoms with Crippen LogP contribution in [-0.2, 0) is 0 Å². The van der Waals surface area contributed by atoms with Gasteiger partial charge in [0.1, 0.15) is 10.8 Å². The van der Waals surface area contributed by atoms with Crippen molar-refractivity contribution in [3.63, 3.8) is 0 Å². The minimum absolute atomic E-state index is 0.0791. The largest absolute Gasteiger partial charge is 0.411 e. The average molecular weight is 203 g/mol.